The first-order valence-corrected chi connectivity index (χ1v) is 7.04. The van der Waals surface area contributed by atoms with Gasteiger partial charge in [-0.05, 0) is 17.7 Å². The molecule has 0 aromatic carbocycles. The second-order valence-corrected chi connectivity index (χ2v) is 4.92. The molecule has 3 heterocycles. The third-order valence-electron chi connectivity index (χ3n) is 3.56. The van der Waals surface area contributed by atoms with Crippen molar-refractivity contribution in [2.24, 2.45) is 0 Å². The van der Waals surface area contributed by atoms with E-state index in [9.17, 15) is 4.79 Å². The molecule has 1 aliphatic heterocycles. The number of pyridine rings is 1. The topological polar surface area (TPSA) is 68.5 Å². The smallest absolute Gasteiger partial charge is 0.276 e. The van der Waals surface area contributed by atoms with Crippen molar-refractivity contribution >= 4 is 5.91 Å². The first-order valence-electron chi connectivity index (χ1n) is 7.04. The summed E-state index contributed by atoms with van der Waals surface area (Å²) in [5.41, 5.74) is 1.39. The Morgan fingerprint density at radius 2 is 2.24 bits per heavy atom. The molecule has 2 aromatic heterocycles. The fourth-order valence-corrected chi connectivity index (χ4v) is 2.36. The summed E-state index contributed by atoms with van der Waals surface area (Å²) in [6.45, 7) is 3.55. The van der Waals surface area contributed by atoms with Gasteiger partial charge in [-0.3, -0.25) is 9.78 Å². The monoisotopic (exact) mass is 287 g/mol. The lowest BCUT2D eigenvalue weighted by molar-refractivity contribution is -0.0231. The van der Waals surface area contributed by atoms with Crippen molar-refractivity contribution < 1.29 is 14.1 Å². The van der Waals surface area contributed by atoms with Gasteiger partial charge in [0.15, 0.2) is 5.69 Å². The predicted octanol–water partition coefficient (Wildman–Crippen LogP) is 1.85. The molecule has 1 saturated heterocycles. The molecular weight excluding hydrogens is 270 g/mol. The van der Waals surface area contributed by atoms with Crippen molar-refractivity contribution in [2.75, 3.05) is 19.7 Å². The molecule has 1 amide bonds. The van der Waals surface area contributed by atoms with E-state index in [1.807, 2.05) is 19.1 Å². The number of carbonyl (C=O) groups excluding carboxylic acids is 1. The van der Waals surface area contributed by atoms with Crippen LogP contribution in [-0.2, 0) is 11.2 Å². The number of rotatable bonds is 3. The van der Waals surface area contributed by atoms with Gasteiger partial charge >= 0.3 is 0 Å². The van der Waals surface area contributed by atoms with Crippen LogP contribution in [0.2, 0.25) is 0 Å². The third kappa shape index (κ3) is 2.95. The van der Waals surface area contributed by atoms with Crippen LogP contribution in [0, 0.1) is 0 Å². The highest BCUT2D eigenvalue weighted by atomic mass is 16.5. The summed E-state index contributed by atoms with van der Waals surface area (Å²) < 4.78 is 10.8. The Labute approximate surface area is 122 Å². The molecule has 1 aliphatic rings. The third-order valence-corrected chi connectivity index (χ3v) is 3.56. The number of hydrogen-bond donors (Lipinski definition) is 0. The number of amides is 1. The molecule has 0 bridgehead atoms. The highest BCUT2D eigenvalue weighted by molar-refractivity contribution is 5.92. The van der Waals surface area contributed by atoms with E-state index in [4.69, 9.17) is 9.26 Å². The number of aromatic nitrogens is 2. The molecule has 0 N–H and O–H groups in total. The van der Waals surface area contributed by atoms with Crippen molar-refractivity contribution in [3.05, 3.63) is 47.6 Å². The van der Waals surface area contributed by atoms with Crippen LogP contribution in [-0.4, -0.2) is 40.6 Å². The van der Waals surface area contributed by atoms with E-state index in [0.29, 0.717) is 25.4 Å². The summed E-state index contributed by atoms with van der Waals surface area (Å²) in [4.78, 5) is 18.2. The van der Waals surface area contributed by atoms with E-state index in [1.165, 1.54) is 0 Å². The van der Waals surface area contributed by atoms with Gasteiger partial charge in [0.05, 0.1) is 13.2 Å². The Bertz CT molecular complexity index is 612. The zero-order valence-electron chi connectivity index (χ0n) is 11.9. The van der Waals surface area contributed by atoms with Gasteiger partial charge in [0, 0.05) is 31.4 Å². The van der Waals surface area contributed by atoms with Gasteiger partial charge in [0.25, 0.3) is 5.91 Å². The molecule has 0 aliphatic carbocycles. The summed E-state index contributed by atoms with van der Waals surface area (Å²) >= 11 is 0. The zero-order valence-corrected chi connectivity index (χ0v) is 11.9. The van der Waals surface area contributed by atoms with Gasteiger partial charge in [0.2, 0.25) is 0 Å². The Kier molecular flexibility index (Phi) is 3.96. The zero-order chi connectivity index (χ0) is 14.7. The maximum Gasteiger partial charge on any atom is 0.276 e. The van der Waals surface area contributed by atoms with Crippen LogP contribution in [0.4, 0.5) is 0 Å². The van der Waals surface area contributed by atoms with Gasteiger partial charge in [-0.2, -0.15) is 0 Å². The number of aryl methyl sites for hydroxylation is 1. The summed E-state index contributed by atoms with van der Waals surface area (Å²) in [5, 5.41) is 3.84. The highest BCUT2D eigenvalue weighted by Crippen LogP contribution is 2.22. The average molecular weight is 287 g/mol. The quantitative estimate of drug-likeness (QED) is 0.861. The molecule has 1 fully saturated rings. The highest BCUT2D eigenvalue weighted by Gasteiger charge is 2.27. The Hall–Kier alpha value is -2.21. The van der Waals surface area contributed by atoms with E-state index >= 15 is 0 Å². The fourth-order valence-electron chi connectivity index (χ4n) is 2.36. The molecular formula is C15H17N3O3. The second-order valence-electron chi connectivity index (χ2n) is 4.92. The summed E-state index contributed by atoms with van der Waals surface area (Å²) in [7, 11) is 0. The van der Waals surface area contributed by atoms with Crippen LogP contribution < -0.4 is 0 Å². The maximum atomic E-state index is 12.4. The number of hydrogen-bond acceptors (Lipinski definition) is 5. The van der Waals surface area contributed by atoms with Crippen molar-refractivity contribution in [3.63, 3.8) is 0 Å². The largest absolute Gasteiger partial charge is 0.370 e. The van der Waals surface area contributed by atoms with Crippen LogP contribution in [0.25, 0.3) is 0 Å². The van der Waals surface area contributed by atoms with Crippen LogP contribution in [0.1, 0.15) is 34.8 Å². The fraction of sp³-hybridized carbons (Fsp3) is 0.400. The van der Waals surface area contributed by atoms with Gasteiger partial charge in [-0.1, -0.05) is 12.1 Å². The molecule has 110 valence electrons. The molecule has 1 atom stereocenters. The van der Waals surface area contributed by atoms with Crippen molar-refractivity contribution in [1.82, 2.24) is 15.0 Å². The summed E-state index contributed by atoms with van der Waals surface area (Å²) in [5.74, 6) is 0.609. The number of ether oxygens (including phenoxy) is 1. The molecule has 0 spiro atoms. The van der Waals surface area contributed by atoms with Crippen LogP contribution in [0.3, 0.4) is 0 Å². The molecule has 6 heteroatoms. The minimum absolute atomic E-state index is 0.110. The Morgan fingerprint density at radius 3 is 2.95 bits per heavy atom. The first kappa shape index (κ1) is 13.8. The lowest BCUT2D eigenvalue weighted by atomic mass is 10.1. The van der Waals surface area contributed by atoms with Gasteiger partial charge in [-0.15, -0.1) is 0 Å². The maximum absolute atomic E-state index is 12.4. The summed E-state index contributed by atoms with van der Waals surface area (Å²) in [6.07, 6.45) is 4.06. The van der Waals surface area contributed by atoms with Gasteiger partial charge in [0.1, 0.15) is 11.9 Å². The predicted molar refractivity (Wildman–Crippen MR) is 74.7 cm³/mol. The lowest BCUT2D eigenvalue weighted by Crippen LogP contribution is -2.42. The molecule has 0 saturated carbocycles. The standard InChI is InChI=1S/C15H17N3O3/c1-2-12-9-13(17-21-12)15(19)18-7-8-20-14(10-18)11-3-5-16-6-4-11/h3-6,9,14H,2,7-8,10H2,1H3. The van der Waals surface area contributed by atoms with Crippen LogP contribution in [0.5, 0.6) is 0 Å². The van der Waals surface area contributed by atoms with Crippen molar-refractivity contribution in [1.29, 1.82) is 0 Å². The van der Waals surface area contributed by atoms with Gasteiger partial charge < -0.3 is 14.2 Å². The summed E-state index contributed by atoms with van der Waals surface area (Å²) in [6, 6.07) is 5.52. The lowest BCUT2D eigenvalue weighted by Gasteiger charge is -2.32. The van der Waals surface area contributed by atoms with E-state index < -0.39 is 0 Å². The molecule has 2 aromatic rings. The van der Waals surface area contributed by atoms with Crippen molar-refractivity contribution in [2.45, 2.75) is 19.4 Å². The number of nitrogens with zero attached hydrogens (tertiary/aromatic N) is 3. The Morgan fingerprint density at radius 1 is 1.43 bits per heavy atom. The van der Waals surface area contributed by atoms with E-state index in [0.717, 1.165) is 17.7 Å². The van der Waals surface area contributed by atoms with Crippen molar-refractivity contribution in [3.8, 4) is 0 Å². The van der Waals surface area contributed by atoms with E-state index in [1.54, 1.807) is 23.4 Å². The van der Waals surface area contributed by atoms with Crippen LogP contribution in [0.15, 0.2) is 35.1 Å². The number of morpholine rings is 1. The average Bonchev–Trinajstić information content (AvgIpc) is 3.04. The molecule has 21 heavy (non-hydrogen) atoms. The molecule has 3 rings (SSSR count). The minimum Gasteiger partial charge on any atom is -0.370 e. The molecule has 1 unspecified atom stereocenters. The molecule has 6 nitrogen and oxygen atoms in total. The Balaban J connectivity index is 1.72. The normalized spacial score (nSPS) is 18.7. The van der Waals surface area contributed by atoms with Crippen LogP contribution >= 0.6 is 0 Å². The van der Waals surface area contributed by atoms with Gasteiger partial charge in [-0.25, -0.2) is 0 Å². The second kappa shape index (κ2) is 6.05. The number of carbonyl (C=O) groups is 1. The van der Waals surface area contributed by atoms with E-state index in [-0.39, 0.29) is 12.0 Å². The van der Waals surface area contributed by atoms with E-state index in [2.05, 4.69) is 10.1 Å². The first-order chi connectivity index (χ1) is 10.3. The minimum atomic E-state index is -0.122. The molecule has 0 radical (unpaired) electrons. The SMILES string of the molecule is CCc1cc(C(=O)N2CCOC(c3ccncc3)C2)no1.